The summed E-state index contributed by atoms with van der Waals surface area (Å²) in [5.41, 5.74) is 2.41. The molecule has 0 saturated carbocycles. The van der Waals surface area contributed by atoms with Crippen molar-refractivity contribution in [2.75, 3.05) is 19.0 Å². The fraction of sp³-hybridized carbons (Fsp3) is 0.167. The maximum Gasteiger partial charge on any atom is 0.332 e. The van der Waals surface area contributed by atoms with Gasteiger partial charge in [0.15, 0.2) is 0 Å². The van der Waals surface area contributed by atoms with E-state index in [0.29, 0.717) is 12.3 Å². The van der Waals surface area contributed by atoms with Crippen molar-refractivity contribution in [3.8, 4) is 5.75 Å². The molecule has 22 heavy (non-hydrogen) atoms. The second kappa shape index (κ2) is 7.88. The van der Waals surface area contributed by atoms with Crippen molar-refractivity contribution >= 4 is 17.4 Å². The van der Waals surface area contributed by atoms with Crippen LogP contribution in [0.25, 0.3) is 5.70 Å². The van der Waals surface area contributed by atoms with Gasteiger partial charge in [0.25, 0.3) is 0 Å². The normalized spacial score (nSPS) is 10.9. The largest absolute Gasteiger partial charge is 0.497 e. The predicted octanol–water partition coefficient (Wildman–Crippen LogP) is 3.71. The van der Waals surface area contributed by atoms with Crippen LogP contribution < -0.4 is 10.1 Å². The van der Waals surface area contributed by atoms with Gasteiger partial charge in [0.1, 0.15) is 5.75 Å². The number of rotatable bonds is 6. The molecule has 2 rings (SSSR count). The van der Waals surface area contributed by atoms with E-state index in [1.165, 1.54) is 6.08 Å². The van der Waals surface area contributed by atoms with Crippen molar-refractivity contribution < 1.29 is 14.3 Å². The number of nitrogens with one attached hydrogen (secondary N) is 1. The molecular formula is C18H19NO3. The smallest absolute Gasteiger partial charge is 0.332 e. The van der Waals surface area contributed by atoms with E-state index in [-0.39, 0.29) is 5.97 Å². The Morgan fingerprint density at radius 1 is 1.14 bits per heavy atom. The molecular weight excluding hydrogens is 278 g/mol. The molecule has 4 nitrogen and oxygen atoms in total. The molecule has 0 spiro atoms. The maximum absolute atomic E-state index is 11.8. The molecule has 2 aromatic rings. The van der Waals surface area contributed by atoms with Gasteiger partial charge in [-0.05, 0) is 24.6 Å². The number of carbonyl (C=O) groups excluding carboxylic acids is 1. The average molecular weight is 297 g/mol. The van der Waals surface area contributed by atoms with Crippen molar-refractivity contribution in [2.24, 2.45) is 0 Å². The lowest BCUT2D eigenvalue weighted by Gasteiger charge is -2.12. The lowest BCUT2D eigenvalue weighted by Crippen LogP contribution is -2.06. The van der Waals surface area contributed by atoms with Crippen LogP contribution in [0.3, 0.4) is 0 Å². The number of anilines is 1. The number of hydrogen-bond donors (Lipinski definition) is 1. The van der Waals surface area contributed by atoms with Crippen LogP contribution in [0.2, 0.25) is 0 Å². The van der Waals surface area contributed by atoms with Crippen LogP contribution in [0.15, 0.2) is 60.7 Å². The highest BCUT2D eigenvalue weighted by atomic mass is 16.5. The fourth-order valence-electron chi connectivity index (χ4n) is 1.97. The highest BCUT2D eigenvalue weighted by Crippen LogP contribution is 2.22. The number of benzene rings is 2. The summed E-state index contributed by atoms with van der Waals surface area (Å²) in [6, 6.07) is 17.1. The van der Waals surface area contributed by atoms with Gasteiger partial charge < -0.3 is 14.8 Å². The molecule has 0 unspecified atom stereocenters. The molecule has 2 aromatic carbocycles. The van der Waals surface area contributed by atoms with Crippen LogP contribution in [0.1, 0.15) is 12.5 Å². The standard InChI is InChI=1S/C18H19NO3/c1-3-22-18(20)13-17(14-8-5-4-6-9-14)19-15-10-7-11-16(12-15)21-2/h4-13,19H,3H2,1-2H3/b17-13-. The third kappa shape index (κ3) is 4.38. The Bertz CT molecular complexity index is 650. The first-order valence-electron chi connectivity index (χ1n) is 7.08. The Balaban J connectivity index is 2.30. The maximum atomic E-state index is 11.8. The quantitative estimate of drug-likeness (QED) is 0.652. The monoisotopic (exact) mass is 297 g/mol. The van der Waals surface area contributed by atoms with E-state index in [0.717, 1.165) is 17.0 Å². The van der Waals surface area contributed by atoms with Gasteiger partial charge in [-0.2, -0.15) is 0 Å². The number of esters is 1. The highest BCUT2D eigenvalue weighted by molar-refractivity contribution is 5.94. The van der Waals surface area contributed by atoms with E-state index in [9.17, 15) is 4.79 Å². The van der Waals surface area contributed by atoms with Crippen LogP contribution >= 0.6 is 0 Å². The summed E-state index contributed by atoms with van der Waals surface area (Å²) in [5.74, 6) is 0.366. The Labute approximate surface area is 130 Å². The van der Waals surface area contributed by atoms with Crippen molar-refractivity contribution in [3.05, 3.63) is 66.2 Å². The van der Waals surface area contributed by atoms with Gasteiger partial charge >= 0.3 is 5.97 Å². The molecule has 0 heterocycles. The van der Waals surface area contributed by atoms with Gasteiger partial charge in [-0.15, -0.1) is 0 Å². The average Bonchev–Trinajstić information content (AvgIpc) is 2.55. The number of hydrogen-bond acceptors (Lipinski definition) is 4. The van der Waals surface area contributed by atoms with E-state index in [4.69, 9.17) is 9.47 Å². The summed E-state index contributed by atoms with van der Waals surface area (Å²) in [5, 5.41) is 3.24. The molecule has 0 aromatic heterocycles. The summed E-state index contributed by atoms with van der Waals surface area (Å²) in [6.07, 6.45) is 1.46. The van der Waals surface area contributed by atoms with Crippen molar-refractivity contribution in [1.82, 2.24) is 0 Å². The van der Waals surface area contributed by atoms with Gasteiger partial charge in [0, 0.05) is 17.8 Å². The van der Waals surface area contributed by atoms with E-state index < -0.39 is 0 Å². The molecule has 0 atom stereocenters. The molecule has 0 bridgehead atoms. The Morgan fingerprint density at radius 3 is 2.59 bits per heavy atom. The Morgan fingerprint density at radius 2 is 1.91 bits per heavy atom. The van der Waals surface area contributed by atoms with Gasteiger partial charge in [0.2, 0.25) is 0 Å². The zero-order chi connectivity index (χ0) is 15.8. The summed E-state index contributed by atoms with van der Waals surface area (Å²) in [6.45, 7) is 2.12. The molecule has 4 heteroatoms. The molecule has 0 amide bonds. The topological polar surface area (TPSA) is 47.6 Å². The molecule has 0 aliphatic carbocycles. The SMILES string of the molecule is CCOC(=O)/C=C(\Nc1cccc(OC)c1)c1ccccc1. The van der Waals surface area contributed by atoms with Crippen LogP contribution in [0.4, 0.5) is 5.69 Å². The van der Waals surface area contributed by atoms with Crippen molar-refractivity contribution in [3.63, 3.8) is 0 Å². The second-order valence-corrected chi connectivity index (χ2v) is 4.53. The first kappa shape index (κ1) is 15.6. The zero-order valence-corrected chi connectivity index (χ0v) is 12.7. The lowest BCUT2D eigenvalue weighted by molar-refractivity contribution is -0.137. The van der Waals surface area contributed by atoms with E-state index >= 15 is 0 Å². The Kier molecular flexibility index (Phi) is 5.60. The molecule has 0 saturated heterocycles. The predicted molar refractivity (Wildman–Crippen MR) is 87.7 cm³/mol. The number of methoxy groups -OCH3 is 1. The lowest BCUT2D eigenvalue weighted by atomic mass is 10.1. The zero-order valence-electron chi connectivity index (χ0n) is 12.7. The summed E-state index contributed by atoms with van der Waals surface area (Å²) in [4.78, 5) is 11.8. The molecule has 114 valence electrons. The number of carbonyl (C=O) groups is 1. The summed E-state index contributed by atoms with van der Waals surface area (Å²) >= 11 is 0. The minimum Gasteiger partial charge on any atom is -0.497 e. The van der Waals surface area contributed by atoms with E-state index in [1.54, 1.807) is 14.0 Å². The fourth-order valence-corrected chi connectivity index (χ4v) is 1.97. The van der Waals surface area contributed by atoms with Crippen LogP contribution in [-0.2, 0) is 9.53 Å². The van der Waals surface area contributed by atoms with Crippen molar-refractivity contribution in [1.29, 1.82) is 0 Å². The first-order chi connectivity index (χ1) is 10.7. The van der Waals surface area contributed by atoms with Crippen LogP contribution in [-0.4, -0.2) is 19.7 Å². The minimum absolute atomic E-state index is 0.344. The molecule has 0 aliphatic rings. The second-order valence-electron chi connectivity index (χ2n) is 4.53. The summed E-state index contributed by atoms with van der Waals surface area (Å²) in [7, 11) is 1.62. The summed E-state index contributed by atoms with van der Waals surface area (Å²) < 4.78 is 10.2. The number of ether oxygens (including phenoxy) is 2. The molecule has 0 radical (unpaired) electrons. The molecule has 1 N–H and O–H groups in total. The van der Waals surface area contributed by atoms with Gasteiger partial charge in [-0.1, -0.05) is 36.4 Å². The van der Waals surface area contributed by atoms with Gasteiger partial charge in [-0.3, -0.25) is 0 Å². The van der Waals surface area contributed by atoms with Crippen LogP contribution in [0.5, 0.6) is 5.75 Å². The molecule has 0 aliphatic heterocycles. The minimum atomic E-state index is -0.378. The highest BCUT2D eigenvalue weighted by Gasteiger charge is 2.06. The first-order valence-corrected chi connectivity index (χ1v) is 7.08. The van der Waals surface area contributed by atoms with Crippen molar-refractivity contribution in [2.45, 2.75) is 6.92 Å². The van der Waals surface area contributed by atoms with E-state index in [1.807, 2.05) is 54.6 Å². The Hall–Kier alpha value is -2.75. The van der Waals surface area contributed by atoms with E-state index in [2.05, 4.69) is 5.32 Å². The third-order valence-corrected chi connectivity index (χ3v) is 2.98. The third-order valence-electron chi connectivity index (χ3n) is 2.98. The van der Waals surface area contributed by atoms with Gasteiger partial charge in [-0.25, -0.2) is 4.79 Å². The van der Waals surface area contributed by atoms with Crippen LogP contribution in [0, 0.1) is 0 Å². The molecule has 0 fully saturated rings. The van der Waals surface area contributed by atoms with Gasteiger partial charge in [0.05, 0.1) is 19.4 Å².